The number of rotatable bonds is 2. The zero-order valence-corrected chi connectivity index (χ0v) is 33.1. The van der Waals surface area contributed by atoms with E-state index in [1.807, 2.05) is 12.1 Å². The molecular weight excluding hydrogens is 738 g/mol. The van der Waals surface area contributed by atoms with E-state index >= 15 is 0 Å². The first-order valence-corrected chi connectivity index (χ1v) is 20.7. The van der Waals surface area contributed by atoms with Gasteiger partial charge < -0.3 is 28.4 Å². The van der Waals surface area contributed by atoms with Crippen molar-refractivity contribution >= 4 is 85.1 Å². The highest BCUT2D eigenvalue weighted by Crippen LogP contribution is 2.47. The minimum Gasteiger partial charge on any atom is -0.458 e. The zero-order chi connectivity index (χ0) is 39.6. The van der Waals surface area contributed by atoms with Crippen LogP contribution < -0.4 is 56.6 Å². The van der Waals surface area contributed by atoms with Gasteiger partial charge in [-0.25, -0.2) is 0 Å². The van der Waals surface area contributed by atoms with Crippen LogP contribution in [0.4, 0.5) is 17.1 Å². The van der Waals surface area contributed by atoms with Crippen molar-refractivity contribution < 1.29 is 18.9 Å². The number of para-hydroxylation sites is 3. The number of hydrogen-bond donors (Lipinski definition) is 0. The summed E-state index contributed by atoms with van der Waals surface area (Å²) in [6, 6.07) is 54.1. The molecule has 0 saturated heterocycles. The maximum Gasteiger partial charge on any atom is 0.265 e. The van der Waals surface area contributed by atoms with Gasteiger partial charge in [0, 0.05) is 56.4 Å². The SMILES string of the molecule is CC(C)(C)c1cc2c3c(c1)Oc1cccc4c1B3c1cc3c(cc1O2)N(c1ccccc1)c1cc(-n2c5ccccc5c5ccccc52)cc2c1B3c1c(cccc1O2)O4. The van der Waals surface area contributed by atoms with Crippen molar-refractivity contribution in [3.8, 4) is 51.7 Å². The maximum absolute atomic E-state index is 7.20. The van der Waals surface area contributed by atoms with Crippen LogP contribution in [0.15, 0.2) is 152 Å². The summed E-state index contributed by atoms with van der Waals surface area (Å²) >= 11 is 0. The summed E-state index contributed by atoms with van der Waals surface area (Å²) in [6.07, 6.45) is 0. The molecule has 5 aliphatic rings. The molecule has 60 heavy (non-hydrogen) atoms. The zero-order valence-electron chi connectivity index (χ0n) is 33.1. The Morgan fingerprint density at radius 3 is 1.53 bits per heavy atom. The average molecular weight is 772 g/mol. The predicted molar refractivity (Wildman–Crippen MR) is 243 cm³/mol. The van der Waals surface area contributed by atoms with E-state index in [1.165, 1.54) is 16.2 Å². The Balaban J connectivity index is 1.11. The Kier molecular flexibility index (Phi) is 6.11. The summed E-state index contributed by atoms with van der Waals surface area (Å²) in [5.41, 5.74) is 13.9. The highest BCUT2D eigenvalue weighted by molar-refractivity contribution is 7.02. The number of benzene rings is 8. The lowest BCUT2D eigenvalue weighted by Gasteiger charge is -2.43. The molecule has 6 nitrogen and oxygen atoms in total. The highest BCUT2D eigenvalue weighted by atomic mass is 16.5. The first-order valence-electron chi connectivity index (χ1n) is 20.7. The summed E-state index contributed by atoms with van der Waals surface area (Å²) in [6.45, 7) is 6.33. The molecule has 8 aromatic carbocycles. The molecular formula is C52H34B2N2O4. The molecule has 6 heterocycles. The van der Waals surface area contributed by atoms with E-state index in [0.717, 1.165) is 113 Å². The Labute approximate surface area is 347 Å². The van der Waals surface area contributed by atoms with Crippen LogP contribution in [0.3, 0.4) is 0 Å². The fourth-order valence-electron chi connectivity index (χ4n) is 10.7. The van der Waals surface area contributed by atoms with Crippen LogP contribution in [-0.2, 0) is 5.41 Å². The van der Waals surface area contributed by atoms with Crippen LogP contribution in [0.1, 0.15) is 26.3 Å². The summed E-state index contributed by atoms with van der Waals surface area (Å²) in [7, 11) is 0. The quantitative estimate of drug-likeness (QED) is 0.164. The fourth-order valence-corrected chi connectivity index (χ4v) is 10.7. The summed E-state index contributed by atoms with van der Waals surface area (Å²) in [5.74, 6) is 6.41. The van der Waals surface area contributed by atoms with E-state index in [0.29, 0.717) is 0 Å². The number of aromatic nitrogens is 1. The fraction of sp³-hybridized carbons (Fsp3) is 0.0769. The summed E-state index contributed by atoms with van der Waals surface area (Å²) < 4.78 is 30.7. The molecule has 0 saturated carbocycles. The van der Waals surface area contributed by atoms with Gasteiger partial charge in [0.1, 0.15) is 46.0 Å². The molecule has 0 unspecified atom stereocenters. The second kappa shape index (κ2) is 11.2. The lowest BCUT2D eigenvalue weighted by Crippen LogP contribution is -2.63. The minimum atomic E-state index is -0.198. The normalized spacial score (nSPS) is 14.3. The molecule has 0 aliphatic carbocycles. The molecule has 0 atom stereocenters. The van der Waals surface area contributed by atoms with Crippen LogP contribution in [-0.4, -0.2) is 18.0 Å². The van der Waals surface area contributed by atoms with Crippen LogP contribution in [0.2, 0.25) is 0 Å². The third-order valence-corrected chi connectivity index (χ3v) is 13.3. The van der Waals surface area contributed by atoms with Gasteiger partial charge in [0.05, 0.1) is 16.7 Å². The maximum atomic E-state index is 7.20. The first-order chi connectivity index (χ1) is 29.4. The lowest BCUT2D eigenvalue weighted by molar-refractivity contribution is 0.449. The third-order valence-electron chi connectivity index (χ3n) is 13.3. The van der Waals surface area contributed by atoms with Crippen molar-refractivity contribution in [3.63, 3.8) is 0 Å². The van der Waals surface area contributed by atoms with Crippen molar-refractivity contribution in [2.24, 2.45) is 0 Å². The second-order valence-electron chi connectivity index (χ2n) is 17.6. The van der Waals surface area contributed by atoms with Gasteiger partial charge in [-0.05, 0) is 94.1 Å². The molecule has 2 bridgehead atoms. The molecule has 0 radical (unpaired) electrons. The number of fused-ring (bicyclic) bond motifs is 3. The summed E-state index contributed by atoms with van der Waals surface area (Å²) in [4.78, 5) is 2.41. The van der Waals surface area contributed by atoms with Crippen LogP contribution in [0, 0.1) is 0 Å². The van der Waals surface area contributed by atoms with Crippen LogP contribution in [0.25, 0.3) is 27.5 Å². The lowest BCUT2D eigenvalue weighted by atomic mass is 9.30. The highest BCUT2D eigenvalue weighted by Gasteiger charge is 2.49. The van der Waals surface area contributed by atoms with Gasteiger partial charge in [-0.2, -0.15) is 0 Å². The van der Waals surface area contributed by atoms with Gasteiger partial charge in [0.15, 0.2) is 0 Å². The number of ether oxygens (including phenoxy) is 4. The van der Waals surface area contributed by atoms with Gasteiger partial charge in [-0.15, -0.1) is 0 Å². The van der Waals surface area contributed by atoms with E-state index in [4.69, 9.17) is 18.9 Å². The van der Waals surface area contributed by atoms with Crippen molar-refractivity contribution in [1.82, 2.24) is 4.57 Å². The summed E-state index contributed by atoms with van der Waals surface area (Å²) in [5, 5.41) is 2.42. The van der Waals surface area contributed by atoms with Crippen LogP contribution in [0.5, 0.6) is 46.0 Å². The molecule has 8 heteroatoms. The predicted octanol–water partition coefficient (Wildman–Crippen LogP) is 9.32. The number of nitrogens with zero attached hydrogens (tertiary/aromatic N) is 2. The monoisotopic (exact) mass is 772 g/mol. The van der Waals surface area contributed by atoms with E-state index in [2.05, 4.69) is 170 Å². The molecule has 282 valence electrons. The standard InChI is InChI=1S/C52H34B2N2O4/c1-52(2,3)29-23-45-51-46(24-29)60-44-28-38-34-27-35(44)54(51)50-41(20-12-22-43(50)58-45)57-40-19-11-21-42-49(40)53(34)48-39(55(38)30-13-5-4-6-14-30)25-31(26-47(48)59-42)56-36-17-9-7-15-32(36)33-16-8-10-18-37(33)56/h4-28H,1-3H3. The Hall–Kier alpha value is -7.31. The van der Waals surface area contributed by atoms with Gasteiger partial charge in [-0.3, -0.25) is 0 Å². The third kappa shape index (κ3) is 4.20. The van der Waals surface area contributed by atoms with E-state index in [9.17, 15) is 0 Å². The molecule has 0 amide bonds. The average Bonchev–Trinajstić information content (AvgIpc) is 3.60. The van der Waals surface area contributed by atoms with E-state index in [-0.39, 0.29) is 18.8 Å². The van der Waals surface area contributed by atoms with Gasteiger partial charge >= 0.3 is 0 Å². The number of anilines is 3. The van der Waals surface area contributed by atoms with Gasteiger partial charge in [0.2, 0.25) is 0 Å². The molecule has 9 aromatic rings. The van der Waals surface area contributed by atoms with Crippen molar-refractivity contribution in [3.05, 3.63) is 157 Å². The second-order valence-corrected chi connectivity index (χ2v) is 17.6. The van der Waals surface area contributed by atoms with Crippen LogP contribution >= 0.6 is 0 Å². The molecule has 0 N–H and O–H groups in total. The Morgan fingerprint density at radius 1 is 0.400 bits per heavy atom. The minimum absolute atomic E-state index is 0.125. The van der Waals surface area contributed by atoms with Gasteiger partial charge in [-0.1, -0.05) is 93.6 Å². The topological polar surface area (TPSA) is 45.1 Å². The van der Waals surface area contributed by atoms with Crippen molar-refractivity contribution in [2.75, 3.05) is 4.90 Å². The number of hydrogen-bond acceptors (Lipinski definition) is 5. The molecule has 0 fully saturated rings. The molecule has 14 rings (SSSR count). The Bertz CT molecular complexity index is 3350. The van der Waals surface area contributed by atoms with Crippen molar-refractivity contribution in [2.45, 2.75) is 26.2 Å². The first kappa shape index (κ1) is 32.6. The molecule has 5 aliphatic heterocycles. The Morgan fingerprint density at radius 2 is 0.917 bits per heavy atom. The smallest absolute Gasteiger partial charge is 0.265 e. The molecule has 1 aromatic heterocycles. The van der Waals surface area contributed by atoms with E-state index < -0.39 is 0 Å². The largest absolute Gasteiger partial charge is 0.458 e. The van der Waals surface area contributed by atoms with Gasteiger partial charge in [0.25, 0.3) is 13.4 Å². The molecule has 0 spiro atoms. The van der Waals surface area contributed by atoms with Crippen molar-refractivity contribution in [1.29, 1.82) is 0 Å². The van der Waals surface area contributed by atoms with E-state index in [1.54, 1.807) is 0 Å².